The van der Waals surface area contributed by atoms with E-state index in [0.717, 1.165) is 11.1 Å². The van der Waals surface area contributed by atoms with Gasteiger partial charge in [0.1, 0.15) is 5.76 Å². The number of furan rings is 1. The van der Waals surface area contributed by atoms with Crippen molar-refractivity contribution >= 4 is 17.8 Å². The van der Waals surface area contributed by atoms with Crippen LogP contribution in [0.3, 0.4) is 0 Å². The average molecular weight is 298 g/mol. The predicted molar refractivity (Wildman–Crippen MR) is 83.5 cm³/mol. The van der Waals surface area contributed by atoms with Gasteiger partial charge in [-0.3, -0.25) is 4.79 Å². The average Bonchev–Trinajstić information content (AvgIpc) is 3.00. The van der Waals surface area contributed by atoms with Crippen LogP contribution in [-0.2, 0) is 9.53 Å². The minimum atomic E-state index is -0.839. The molecule has 0 radical (unpaired) electrons. The summed E-state index contributed by atoms with van der Waals surface area (Å²) in [6.45, 7) is 5.35. The number of hydrogen-bond acceptors (Lipinski definition) is 4. The van der Waals surface area contributed by atoms with E-state index in [0.29, 0.717) is 11.3 Å². The van der Waals surface area contributed by atoms with Crippen LogP contribution < -0.4 is 0 Å². The molecule has 0 saturated carbocycles. The number of aryl methyl sites for hydroxylation is 2. The highest BCUT2D eigenvalue weighted by Crippen LogP contribution is 2.14. The SMILES string of the molecule is Cc1ccc(C)c(C(=O)[C@H](C)OC(=O)/C=C/c2ccco2)c1. The third kappa shape index (κ3) is 3.95. The van der Waals surface area contributed by atoms with Crippen LogP contribution in [0, 0.1) is 13.8 Å². The zero-order valence-corrected chi connectivity index (χ0v) is 12.8. The molecule has 0 fully saturated rings. The Morgan fingerprint density at radius 1 is 1.23 bits per heavy atom. The summed E-state index contributed by atoms with van der Waals surface area (Å²) in [6, 6.07) is 9.07. The third-order valence-electron chi connectivity index (χ3n) is 3.25. The maximum absolute atomic E-state index is 12.4. The van der Waals surface area contributed by atoms with E-state index in [1.165, 1.54) is 18.4 Å². The van der Waals surface area contributed by atoms with E-state index < -0.39 is 12.1 Å². The van der Waals surface area contributed by atoms with Gasteiger partial charge >= 0.3 is 5.97 Å². The summed E-state index contributed by atoms with van der Waals surface area (Å²) in [5, 5.41) is 0. The first-order chi connectivity index (χ1) is 10.5. The van der Waals surface area contributed by atoms with Crippen LogP contribution in [0.2, 0.25) is 0 Å². The van der Waals surface area contributed by atoms with Crippen LogP contribution in [0.15, 0.2) is 47.1 Å². The van der Waals surface area contributed by atoms with Crippen LogP contribution in [0.4, 0.5) is 0 Å². The molecule has 1 heterocycles. The van der Waals surface area contributed by atoms with E-state index in [1.54, 1.807) is 25.1 Å². The maximum Gasteiger partial charge on any atom is 0.331 e. The molecule has 0 aliphatic carbocycles. The summed E-state index contributed by atoms with van der Waals surface area (Å²) in [5.41, 5.74) is 2.44. The van der Waals surface area contributed by atoms with Gasteiger partial charge in [-0.1, -0.05) is 17.7 Å². The van der Waals surface area contributed by atoms with Crippen LogP contribution in [0.5, 0.6) is 0 Å². The van der Waals surface area contributed by atoms with E-state index in [2.05, 4.69) is 0 Å². The summed E-state index contributed by atoms with van der Waals surface area (Å²) in [4.78, 5) is 24.1. The minimum Gasteiger partial charge on any atom is -0.465 e. The summed E-state index contributed by atoms with van der Waals surface area (Å²) < 4.78 is 10.2. The fourth-order valence-corrected chi connectivity index (χ4v) is 2.02. The number of ether oxygens (including phenoxy) is 1. The van der Waals surface area contributed by atoms with Crippen molar-refractivity contribution < 1.29 is 18.7 Å². The zero-order chi connectivity index (χ0) is 16.1. The molecular weight excluding hydrogens is 280 g/mol. The minimum absolute atomic E-state index is 0.207. The van der Waals surface area contributed by atoms with Gasteiger partial charge in [0.15, 0.2) is 6.10 Å². The molecule has 4 heteroatoms. The van der Waals surface area contributed by atoms with Gasteiger partial charge in [-0.2, -0.15) is 0 Å². The molecule has 0 amide bonds. The van der Waals surface area contributed by atoms with Gasteiger partial charge in [0.25, 0.3) is 0 Å². The Kier molecular flexibility index (Phi) is 4.94. The lowest BCUT2D eigenvalue weighted by Crippen LogP contribution is -2.24. The topological polar surface area (TPSA) is 56.5 Å². The molecule has 1 aromatic carbocycles. The van der Waals surface area contributed by atoms with Crippen molar-refractivity contribution in [2.45, 2.75) is 26.9 Å². The number of carbonyl (C=O) groups is 2. The highest BCUT2D eigenvalue weighted by Gasteiger charge is 2.20. The highest BCUT2D eigenvalue weighted by atomic mass is 16.5. The third-order valence-corrected chi connectivity index (χ3v) is 3.25. The first-order valence-corrected chi connectivity index (χ1v) is 7.01. The van der Waals surface area contributed by atoms with Crippen molar-refractivity contribution in [2.24, 2.45) is 0 Å². The second-order valence-corrected chi connectivity index (χ2v) is 5.11. The van der Waals surface area contributed by atoms with Gasteiger partial charge in [-0.25, -0.2) is 4.79 Å². The van der Waals surface area contributed by atoms with Crippen molar-refractivity contribution in [3.8, 4) is 0 Å². The fraction of sp³-hybridized carbons (Fsp3) is 0.222. The molecule has 0 N–H and O–H groups in total. The van der Waals surface area contributed by atoms with E-state index in [9.17, 15) is 9.59 Å². The molecule has 4 nitrogen and oxygen atoms in total. The van der Waals surface area contributed by atoms with Gasteiger partial charge in [-0.15, -0.1) is 0 Å². The molecule has 2 aromatic rings. The Bertz CT molecular complexity index is 696. The Balaban J connectivity index is 2.02. The first-order valence-electron chi connectivity index (χ1n) is 7.01. The lowest BCUT2D eigenvalue weighted by molar-refractivity contribution is -0.140. The van der Waals surface area contributed by atoms with Crippen molar-refractivity contribution in [2.75, 3.05) is 0 Å². The van der Waals surface area contributed by atoms with Crippen LogP contribution in [-0.4, -0.2) is 17.9 Å². The molecular formula is C18H18O4. The Hall–Kier alpha value is -2.62. The monoisotopic (exact) mass is 298 g/mol. The number of Topliss-reactive ketones (excluding diaryl/α,β-unsaturated/α-hetero) is 1. The van der Waals surface area contributed by atoms with E-state index in [4.69, 9.17) is 9.15 Å². The van der Waals surface area contributed by atoms with Gasteiger partial charge in [-0.05, 0) is 50.6 Å². The number of hydrogen-bond donors (Lipinski definition) is 0. The molecule has 1 aromatic heterocycles. The molecule has 1 atom stereocenters. The van der Waals surface area contributed by atoms with Crippen molar-refractivity contribution in [1.82, 2.24) is 0 Å². The quantitative estimate of drug-likeness (QED) is 0.479. The lowest BCUT2D eigenvalue weighted by atomic mass is 9.99. The largest absolute Gasteiger partial charge is 0.465 e. The lowest BCUT2D eigenvalue weighted by Gasteiger charge is -2.13. The highest BCUT2D eigenvalue weighted by molar-refractivity contribution is 6.02. The van der Waals surface area contributed by atoms with Gasteiger partial charge in [0, 0.05) is 11.6 Å². The molecule has 114 valence electrons. The molecule has 22 heavy (non-hydrogen) atoms. The summed E-state index contributed by atoms with van der Waals surface area (Å²) in [5.74, 6) is -0.242. The Morgan fingerprint density at radius 2 is 2.00 bits per heavy atom. The van der Waals surface area contributed by atoms with Gasteiger partial charge < -0.3 is 9.15 Å². The molecule has 0 unspecified atom stereocenters. The van der Waals surface area contributed by atoms with Gasteiger partial charge in [0.2, 0.25) is 5.78 Å². The Labute approximate surface area is 129 Å². The molecule has 2 rings (SSSR count). The number of benzene rings is 1. The molecule has 0 bridgehead atoms. The molecule has 0 saturated heterocycles. The second-order valence-electron chi connectivity index (χ2n) is 5.11. The number of rotatable bonds is 5. The smallest absolute Gasteiger partial charge is 0.331 e. The van der Waals surface area contributed by atoms with Crippen molar-refractivity contribution in [1.29, 1.82) is 0 Å². The molecule has 0 aliphatic heterocycles. The zero-order valence-electron chi connectivity index (χ0n) is 12.8. The maximum atomic E-state index is 12.4. The summed E-state index contributed by atoms with van der Waals surface area (Å²) in [6.07, 6.45) is 3.41. The normalized spacial score (nSPS) is 12.3. The van der Waals surface area contributed by atoms with E-state index >= 15 is 0 Å². The molecule has 0 spiro atoms. The van der Waals surface area contributed by atoms with E-state index in [-0.39, 0.29) is 5.78 Å². The second kappa shape index (κ2) is 6.89. The van der Waals surface area contributed by atoms with Crippen molar-refractivity contribution in [3.05, 3.63) is 65.1 Å². The van der Waals surface area contributed by atoms with Gasteiger partial charge in [0.05, 0.1) is 6.26 Å². The summed E-state index contributed by atoms with van der Waals surface area (Å²) >= 11 is 0. The number of ketones is 1. The molecule has 0 aliphatic rings. The van der Waals surface area contributed by atoms with Crippen LogP contribution >= 0.6 is 0 Å². The van der Waals surface area contributed by atoms with Crippen LogP contribution in [0.1, 0.15) is 34.2 Å². The first kappa shape index (κ1) is 15.8. The standard InChI is InChI=1S/C18H18O4/c1-12-6-7-13(2)16(11-12)18(20)14(3)22-17(19)9-8-15-5-4-10-21-15/h4-11,14H,1-3H3/b9-8+/t14-/m0/s1. The summed E-state index contributed by atoms with van der Waals surface area (Å²) in [7, 11) is 0. The number of esters is 1. The number of carbonyl (C=O) groups excluding carboxylic acids is 2. The van der Waals surface area contributed by atoms with E-state index in [1.807, 2.05) is 26.0 Å². The van der Waals surface area contributed by atoms with Crippen molar-refractivity contribution in [3.63, 3.8) is 0 Å². The van der Waals surface area contributed by atoms with Crippen LogP contribution in [0.25, 0.3) is 6.08 Å². The predicted octanol–water partition coefficient (Wildman–Crippen LogP) is 3.72. The Morgan fingerprint density at radius 3 is 2.68 bits per heavy atom. The fourth-order valence-electron chi connectivity index (χ4n) is 2.02.